The molecule has 0 radical (unpaired) electrons. The molecule has 3 aromatic rings. The average molecular weight is 376 g/mol. The lowest BCUT2D eigenvalue weighted by molar-refractivity contribution is -1.01. The van der Waals surface area contributed by atoms with Crippen LogP contribution in [0.25, 0.3) is 17.0 Å². The molecule has 0 bridgehead atoms. The fourth-order valence-corrected chi connectivity index (χ4v) is 4.05. The van der Waals surface area contributed by atoms with Gasteiger partial charge in [0, 0.05) is 22.7 Å². The predicted octanol–water partition coefficient (Wildman–Crippen LogP) is 1.16. The normalized spacial score (nSPS) is 20.0. The summed E-state index contributed by atoms with van der Waals surface area (Å²) in [4.78, 5) is 19.1. The molecule has 1 aromatic heterocycles. The monoisotopic (exact) mass is 375 g/mol. The van der Waals surface area contributed by atoms with Gasteiger partial charge in [0.15, 0.2) is 0 Å². The smallest absolute Gasteiger partial charge is 0.219 e. The molecule has 4 rings (SSSR count). The highest BCUT2D eigenvalue weighted by Crippen LogP contribution is 2.19. The van der Waals surface area contributed by atoms with Gasteiger partial charge in [-0.15, -0.1) is 0 Å². The molecule has 1 fully saturated rings. The number of piperazine rings is 1. The van der Waals surface area contributed by atoms with Crippen LogP contribution in [0, 0.1) is 6.92 Å². The Bertz CT molecular complexity index is 966. The van der Waals surface area contributed by atoms with Crippen LogP contribution >= 0.6 is 0 Å². The van der Waals surface area contributed by atoms with Gasteiger partial charge in [-0.3, -0.25) is 4.79 Å². The molecular weight excluding hydrogens is 346 g/mol. The van der Waals surface area contributed by atoms with Crippen LogP contribution in [-0.2, 0) is 0 Å². The number of rotatable bonds is 6. The molecule has 1 aliphatic rings. The standard InChI is InChI=1S/C24H27N3O/c1-19-9-10-23-21(16-19)22(17-25-23)24(28)18-27-14-12-26(13-15-27)11-5-8-20-6-3-2-4-7-20/h2-10,16-17,25H,11-15,18H2,1H3/p+2/b8-5+. The van der Waals surface area contributed by atoms with E-state index in [1.165, 1.54) is 16.0 Å². The summed E-state index contributed by atoms with van der Waals surface area (Å²) in [6, 6.07) is 16.7. The molecule has 0 aliphatic carbocycles. The van der Waals surface area contributed by atoms with Crippen LogP contribution in [0.15, 0.2) is 60.8 Å². The SMILES string of the molecule is Cc1ccc2[nH]cc(C(=O)C[NH+]3CC[NH+](C/C=C/c4ccccc4)CC3)c2c1. The molecule has 4 heteroatoms. The average Bonchev–Trinajstić information content (AvgIpc) is 3.13. The second-order valence-electron chi connectivity index (χ2n) is 7.87. The number of aryl methyl sites for hydroxylation is 1. The van der Waals surface area contributed by atoms with Crippen molar-refractivity contribution in [2.24, 2.45) is 0 Å². The molecule has 0 unspecified atom stereocenters. The fourth-order valence-electron chi connectivity index (χ4n) is 4.05. The Morgan fingerprint density at radius 2 is 1.79 bits per heavy atom. The minimum atomic E-state index is 0.249. The summed E-state index contributed by atoms with van der Waals surface area (Å²) in [5.41, 5.74) is 4.33. The van der Waals surface area contributed by atoms with Crippen molar-refractivity contribution in [1.82, 2.24) is 4.98 Å². The largest absolute Gasteiger partial charge is 0.360 e. The van der Waals surface area contributed by atoms with Crippen molar-refractivity contribution >= 4 is 22.8 Å². The number of carbonyl (C=O) groups excluding carboxylic acids is 1. The summed E-state index contributed by atoms with van der Waals surface area (Å²) in [5.74, 6) is 0.249. The number of fused-ring (bicyclic) bond motifs is 1. The number of hydrogen-bond acceptors (Lipinski definition) is 1. The first-order valence-corrected chi connectivity index (χ1v) is 10.2. The van der Waals surface area contributed by atoms with Gasteiger partial charge in [0.1, 0.15) is 32.7 Å². The van der Waals surface area contributed by atoms with E-state index in [9.17, 15) is 4.79 Å². The third-order valence-electron chi connectivity index (χ3n) is 5.73. The summed E-state index contributed by atoms with van der Waals surface area (Å²) in [7, 11) is 0. The maximum Gasteiger partial charge on any atom is 0.219 e. The van der Waals surface area contributed by atoms with Crippen molar-refractivity contribution < 1.29 is 14.6 Å². The highest BCUT2D eigenvalue weighted by atomic mass is 16.1. The third-order valence-corrected chi connectivity index (χ3v) is 5.73. The lowest BCUT2D eigenvalue weighted by Gasteiger charge is -2.28. The van der Waals surface area contributed by atoms with E-state index in [2.05, 4.69) is 66.5 Å². The lowest BCUT2D eigenvalue weighted by atomic mass is 10.1. The van der Waals surface area contributed by atoms with E-state index >= 15 is 0 Å². The number of aromatic amines is 1. The Morgan fingerprint density at radius 3 is 2.57 bits per heavy atom. The van der Waals surface area contributed by atoms with Gasteiger partial charge in [-0.05, 0) is 30.7 Å². The Balaban J connectivity index is 1.28. The molecule has 2 aromatic carbocycles. The van der Waals surface area contributed by atoms with Crippen molar-refractivity contribution in [3.63, 3.8) is 0 Å². The number of Topliss-reactive ketones (excluding diaryl/α,β-unsaturated/α-hetero) is 1. The van der Waals surface area contributed by atoms with Gasteiger partial charge in [-0.25, -0.2) is 0 Å². The lowest BCUT2D eigenvalue weighted by Crippen LogP contribution is -3.28. The van der Waals surface area contributed by atoms with Gasteiger partial charge >= 0.3 is 0 Å². The molecule has 144 valence electrons. The molecule has 4 nitrogen and oxygen atoms in total. The van der Waals surface area contributed by atoms with Crippen LogP contribution in [-0.4, -0.2) is 50.0 Å². The number of benzene rings is 2. The van der Waals surface area contributed by atoms with Crippen molar-refractivity contribution in [3.8, 4) is 0 Å². The molecule has 2 heterocycles. The first kappa shape index (κ1) is 18.7. The number of H-pyrrole nitrogens is 1. The first-order chi connectivity index (χ1) is 13.7. The molecule has 1 aliphatic heterocycles. The Morgan fingerprint density at radius 1 is 1.04 bits per heavy atom. The maximum atomic E-state index is 12.9. The van der Waals surface area contributed by atoms with Crippen LogP contribution in [0.5, 0.6) is 0 Å². The van der Waals surface area contributed by atoms with Crippen molar-refractivity contribution in [2.45, 2.75) is 6.92 Å². The molecule has 0 saturated carbocycles. The van der Waals surface area contributed by atoms with Crippen molar-refractivity contribution in [1.29, 1.82) is 0 Å². The zero-order valence-corrected chi connectivity index (χ0v) is 16.5. The molecule has 3 N–H and O–H groups in total. The van der Waals surface area contributed by atoms with Gasteiger partial charge in [0.25, 0.3) is 0 Å². The van der Waals surface area contributed by atoms with Gasteiger partial charge in [-0.1, -0.05) is 48.0 Å². The first-order valence-electron chi connectivity index (χ1n) is 10.2. The summed E-state index contributed by atoms with van der Waals surface area (Å²) < 4.78 is 0. The topological polar surface area (TPSA) is 41.7 Å². The minimum Gasteiger partial charge on any atom is -0.360 e. The van der Waals surface area contributed by atoms with Gasteiger partial charge in [0.05, 0.1) is 6.54 Å². The molecule has 28 heavy (non-hydrogen) atoms. The Labute approximate surface area is 166 Å². The highest BCUT2D eigenvalue weighted by Gasteiger charge is 2.25. The predicted molar refractivity (Wildman–Crippen MR) is 114 cm³/mol. The number of hydrogen-bond donors (Lipinski definition) is 3. The fraction of sp³-hybridized carbons (Fsp3) is 0.292. The van der Waals surface area contributed by atoms with Crippen LogP contribution in [0.1, 0.15) is 21.5 Å². The van der Waals surface area contributed by atoms with Gasteiger partial charge in [0.2, 0.25) is 5.78 Å². The van der Waals surface area contributed by atoms with Crippen molar-refractivity contribution in [2.75, 3.05) is 39.3 Å². The second-order valence-corrected chi connectivity index (χ2v) is 7.87. The second kappa shape index (κ2) is 8.55. The quantitative estimate of drug-likeness (QED) is 0.556. The molecular formula is C24H29N3O+2. The Kier molecular flexibility index (Phi) is 5.70. The zero-order chi connectivity index (χ0) is 19.3. The van der Waals surface area contributed by atoms with E-state index < -0.39 is 0 Å². The molecule has 1 saturated heterocycles. The molecule has 0 atom stereocenters. The van der Waals surface area contributed by atoms with E-state index in [0.29, 0.717) is 6.54 Å². The minimum absolute atomic E-state index is 0.249. The van der Waals surface area contributed by atoms with Crippen LogP contribution < -0.4 is 9.80 Å². The van der Waals surface area contributed by atoms with E-state index in [-0.39, 0.29) is 5.78 Å². The number of quaternary nitrogens is 2. The van der Waals surface area contributed by atoms with Crippen LogP contribution in [0.3, 0.4) is 0 Å². The third kappa shape index (κ3) is 4.41. The molecule has 0 spiro atoms. The summed E-state index contributed by atoms with van der Waals surface area (Å²) in [6.07, 6.45) is 6.35. The summed E-state index contributed by atoms with van der Waals surface area (Å²) in [6.45, 7) is 8.07. The number of carbonyl (C=O) groups is 1. The Hall–Kier alpha value is -2.69. The summed E-state index contributed by atoms with van der Waals surface area (Å²) >= 11 is 0. The van der Waals surface area contributed by atoms with Gasteiger partial charge < -0.3 is 14.8 Å². The number of nitrogens with one attached hydrogen (secondary N) is 3. The van der Waals surface area contributed by atoms with Crippen LogP contribution in [0.4, 0.5) is 0 Å². The van der Waals surface area contributed by atoms with Crippen LogP contribution in [0.2, 0.25) is 0 Å². The summed E-state index contributed by atoms with van der Waals surface area (Å²) in [5, 5.41) is 1.06. The number of aromatic nitrogens is 1. The maximum absolute atomic E-state index is 12.9. The van der Waals surface area contributed by atoms with Crippen molar-refractivity contribution in [3.05, 3.63) is 77.5 Å². The van der Waals surface area contributed by atoms with E-state index in [1.807, 2.05) is 12.3 Å². The zero-order valence-electron chi connectivity index (χ0n) is 16.5. The van der Waals surface area contributed by atoms with E-state index in [1.54, 1.807) is 4.90 Å². The molecule has 0 amide bonds. The van der Waals surface area contributed by atoms with E-state index in [4.69, 9.17) is 0 Å². The van der Waals surface area contributed by atoms with Gasteiger partial charge in [-0.2, -0.15) is 0 Å². The van der Waals surface area contributed by atoms with E-state index in [0.717, 1.165) is 49.2 Å². The number of ketones is 1. The highest BCUT2D eigenvalue weighted by molar-refractivity contribution is 6.08.